The van der Waals surface area contributed by atoms with Gasteiger partial charge in [0.15, 0.2) is 5.78 Å². The van der Waals surface area contributed by atoms with Gasteiger partial charge in [0, 0.05) is 18.5 Å². The lowest BCUT2D eigenvalue weighted by atomic mass is 10.1. The van der Waals surface area contributed by atoms with Crippen LogP contribution >= 0.6 is 0 Å². The van der Waals surface area contributed by atoms with Crippen LogP contribution in [0.25, 0.3) is 0 Å². The summed E-state index contributed by atoms with van der Waals surface area (Å²) < 4.78 is 25.0. The lowest BCUT2D eigenvalue weighted by molar-refractivity contribution is 0.0981. The van der Waals surface area contributed by atoms with Gasteiger partial charge in [-0.1, -0.05) is 31.2 Å². The third-order valence-electron chi connectivity index (χ3n) is 3.43. The van der Waals surface area contributed by atoms with E-state index in [4.69, 9.17) is 5.73 Å². The zero-order chi connectivity index (χ0) is 16.2. The lowest BCUT2D eigenvalue weighted by Crippen LogP contribution is -2.04. The molecule has 0 saturated carbocycles. The maximum atomic E-state index is 12.5. The van der Waals surface area contributed by atoms with E-state index in [1.54, 1.807) is 36.4 Å². The Morgan fingerprint density at radius 2 is 1.45 bits per heavy atom. The van der Waals surface area contributed by atoms with Gasteiger partial charge in [0.05, 0.1) is 9.79 Å². The second-order valence-corrected chi connectivity index (χ2v) is 7.00. The van der Waals surface area contributed by atoms with Crippen LogP contribution in [-0.4, -0.2) is 14.2 Å². The van der Waals surface area contributed by atoms with E-state index in [-0.39, 0.29) is 15.6 Å². The first kappa shape index (κ1) is 16.4. The van der Waals surface area contributed by atoms with Gasteiger partial charge in [-0.05, 0) is 36.2 Å². The first-order valence-corrected chi connectivity index (χ1v) is 8.64. The summed E-state index contributed by atoms with van der Waals surface area (Å²) in [6, 6.07) is 12.6. The van der Waals surface area contributed by atoms with Crippen LogP contribution in [0.5, 0.6) is 0 Å². The van der Waals surface area contributed by atoms with Gasteiger partial charge >= 0.3 is 0 Å². The highest BCUT2D eigenvalue weighted by Gasteiger charge is 2.17. The zero-order valence-corrected chi connectivity index (χ0v) is 13.3. The molecule has 0 aliphatic rings. The molecule has 2 N–H and O–H groups in total. The van der Waals surface area contributed by atoms with Crippen molar-refractivity contribution in [2.45, 2.75) is 36.1 Å². The Balaban J connectivity index is 2.31. The molecule has 4 nitrogen and oxygen atoms in total. The minimum Gasteiger partial charge on any atom is -0.326 e. The Labute approximate surface area is 130 Å². The Morgan fingerprint density at radius 1 is 0.955 bits per heavy atom. The Kier molecular flexibility index (Phi) is 5.11. The van der Waals surface area contributed by atoms with E-state index in [9.17, 15) is 13.2 Å². The van der Waals surface area contributed by atoms with Crippen molar-refractivity contribution in [1.82, 2.24) is 0 Å². The Bertz CT molecular complexity index is 747. The molecule has 0 heterocycles. The normalized spacial score (nSPS) is 11.4. The third kappa shape index (κ3) is 3.43. The minimum atomic E-state index is -3.57. The van der Waals surface area contributed by atoms with Crippen molar-refractivity contribution in [2.75, 3.05) is 0 Å². The summed E-state index contributed by atoms with van der Waals surface area (Å²) in [6.45, 7) is 2.30. The summed E-state index contributed by atoms with van der Waals surface area (Å²) in [5, 5.41) is 0. The molecule has 0 atom stereocenters. The van der Waals surface area contributed by atoms with E-state index in [1.165, 1.54) is 12.1 Å². The van der Waals surface area contributed by atoms with Crippen molar-refractivity contribution in [2.24, 2.45) is 5.73 Å². The van der Waals surface area contributed by atoms with Crippen molar-refractivity contribution < 1.29 is 13.2 Å². The monoisotopic (exact) mass is 317 g/mol. The molecule has 2 aromatic rings. The number of Topliss-reactive ketones (excluding diaryl/α,β-unsaturated/α-hetero) is 1. The summed E-state index contributed by atoms with van der Waals surface area (Å²) >= 11 is 0. The highest BCUT2D eigenvalue weighted by Crippen LogP contribution is 2.22. The van der Waals surface area contributed by atoms with Gasteiger partial charge in [-0.2, -0.15) is 0 Å². The number of sulfone groups is 1. The largest absolute Gasteiger partial charge is 0.326 e. The van der Waals surface area contributed by atoms with E-state index in [2.05, 4.69) is 0 Å². The molecule has 0 saturated heterocycles. The van der Waals surface area contributed by atoms with E-state index in [1.807, 2.05) is 6.92 Å². The number of benzene rings is 2. The lowest BCUT2D eigenvalue weighted by Gasteiger charge is -2.06. The van der Waals surface area contributed by atoms with Crippen molar-refractivity contribution >= 4 is 15.6 Å². The van der Waals surface area contributed by atoms with Gasteiger partial charge in [-0.15, -0.1) is 0 Å². The SMILES string of the molecule is CCCC(=O)c1ccc(S(=O)(=O)c2ccc(CN)cc2)cc1. The molecular formula is C17H19NO3S. The molecule has 116 valence electrons. The first-order chi connectivity index (χ1) is 10.5. The van der Waals surface area contributed by atoms with Crippen molar-refractivity contribution in [3.63, 3.8) is 0 Å². The molecule has 2 aromatic carbocycles. The van der Waals surface area contributed by atoms with Gasteiger partial charge in [-0.3, -0.25) is 4.79 Å². The van der Waals surface area contributed by atoms with Crippen LogP contribution in [0.15, 0.2) is 58.3 Å². The Hall–Kier alpha value is -1.98. The van der Waals surface area contributed by atoms with Crippen LogP contribution < -0.4 is 5.73 Å². The predicted molar refractivity (Wildman–Crippen MR) is 85.5 cm³/mol. The maximum absolute atomic E-state index is 12.5. The molecule has 0 aliphatic carbocycles. The van der Waals surface area contributed by atoms with Crippen molar-refractivity contribution in [3.8, 4) is 0 Å². The van der Waals surface area contributed by atoms with E-state index in [0.717, 1.165) is 12.0 Å². The van der Waals surface area contributed by atoms with Crippen LogP contribution in [0.2, 0.25) is 0 Å². The number of ketones is 1. The number of hydrogen-bond donors (Lipinski definition) is 1. The number of carbonyl (C=O) groups excluding carboxylic acids is 1. The fraction of sp³-hybridized carbons (Fsp3) is 0.235. The standard InChI is InChI=1S/C17H19NO3S/c1-2-3-17(19)14-6-10-16(11-7-14)22(20,21)15-8-4-13(12-18)5-9-15/h4-11H,2-3,12,18H2,1H3. The van der Waals surface area contributed by atoms with Gasteiger partial charge in [0.1, 0.15) is 0 Å². The molecule has 0 amide bonds. The molecule has 2 rings (SSSR count). The second kappa shape index (κ2) is 6.85. The van der Waals surface area contributed by atoms with Crippen LogP contribution in [0.3, 0.4) is 0 Å². The molecule has 22 heavy (non-hydrogen) atoms. The van der Waals surface area contributed by atoms with Crippen LogP contribution in [0.1, 0.15) is 35.7 Å². The summed E-state index contributed by atoms with van der Waals surface area (Å²) in [5.74, 6) is 0.0266. The van der Waals surface area contributed by atoms with Gasteiger partial charge in [0.25, 0.3) is 0 Å². The number of nitrogens with two attached hydrogens (primary N) is 1. The number of carbonyl (C=O) groups is 1. The summed E-state index contributed by atoms with van der Waals surface area (Å²) in [4.78, 5) is 12.2. The van der Waals surface area contributed by atoms with Crippen LogP contribution in [-0.2, 0) is 16.4 Å². The molecular weight excluding hydrogens is 298 g/mol. The Morgan fingerprint density at radius 3 is 1.91 bits per heavy atom. The maximum Gasteiger partial charge on any atom is 0.206 e. The van der Waals surface area contributed by atoms with E-state index >= 15 is 0 Å². The molecule has 0 radical (unpaired) electrons. The smallest absolute Gasteiger partial charge is 0.206 e. The highest BCUT2D eigenvalue weighted by molar-refractivity contribution is 7.91. The average molecular weight is 317 g/mol. The zero-order valence-electron chi connectivity index (χ0n) is 12.5. The molecule has 5 heteroatoms. The van der Waals surface area contributed by atoms with Crippen LogP contribution in [0.4, 0.5) is 0 Å². The minimum absolute atomic E-state index is 0.0266. The van der Waals surface area contributed by atoms with Gasteiger partial charge < -0.3 is 5.73 Å². The number of rotatable bonds is 6. The van der Waals surface area contributed by atoms with Gasteiger partial charge in [0.2, 0.25) is 9.84 Å². The fourth-order valence-corrected chi connectivity index (χ4v) is 3.39. The molecule has 0 spiro atoms. The summed E-state index contributed by atoms with van der Waals surface area (Å²) in [6.07, 6.45) is 1.24. The summed E-state index contributed by atoms with van der Waals surface area (Å²) in [5.41, 5.74) is 6.92. The third-order valence-corrected chi connectivity index (χ3v) is 5.22. The van der Waals surface area contributed by atoms with E-state index < -0.39 is 9.84 Å². The van der Waals surface area contributed by atoms with Crippen molar-refractivity contribution in [1.29, 1.82) is 0 Å². The summed E-state index contributed by atoms with van der Waals surface area (Å²) in [7, 11) is -3.57. The molecule has 0 aliphatic heterocycles. The molecule has 0 bridgehead atoms. The second-order valence-electron chi connectivity index (χ2n) is 5.05. The molecule has 0 unspecified atom stereocenters. The average Bonchev–Trinajstić information content (AvgIpc) is 2.55. The van der Waals surface area contributed by atoms with Crippen molar-refractivity contribution in [3.05, 3.63) is 59.7 Å². The quantitative estimate of drug-likeness (QED) is 0.831. The van der Waals surface area contributed by atoms with Gasteiger partial charge in [-0.25, -0.2) is 8.42 Å². The highest BCUT2D eigenvalue weighted by atomic mass is 32.2. The predicted octanol–water partition coefficient (Wildman–Crippen LogP) is 2.96. The van der Waals surface area contributed by atoms with E-state index in [0.29, 0.717) is 18.5 Å². The molecule has 0 aromatic heterocycles. The topological polar surface area (TPSA) is 77.2 Å². The fourth-order valence-electron chi connectivity index (χ4n) is 2.13. The molecule has 0 fully saturated rings. The first-order valence-electron chi connectivity index (χ1n) is 7.16. The number of hydrogen-bond acceptors (Lipinski definition) is 4. The van der Waals surface area contributed by atoms with Crippen LogP contribution in [0, 0.1) is 0 Å².